The average molecular weight is 301 g/mol. The van der Waals surface area contributed by atoms with E-state index < -0.39 is 15.3 Å². The summed E-state index contributed by atoms with van der Waals surface area (Å²) in [6, 6.07) is -0.00472. The molecule has 0 aliphatic heterocycles. The van der Waals surface area contributed by atoms with Gasteiger partial charge in [0.15, 0.2) is 0 Å². The number of sulfonamides is 1. The fourth-order valence-electron chi connectivity index (χ4n) is 5.29. The van der Waals surface area contributed by atoms with Crippen LogP contribution >= 0.6 is 0 Å². The molecule has 0 amide bonds. The Morgan fingerprint density at radius 1 is 1.10 bits per heavy atom. The lowest BCUT2D eigenvalue weighted by Crippen LogP contribution is -2.56. The Bertz CT molecular complexity index is 438. The summed E-state index contributed by atoms with van der Waals surface area (Å²) >= 11 is 0. The molecule has 5 heteroatoms. The van der Waals surface area contributed by atoms with Crippen molar-refractivity contribution in [3.8, 4) is 0 Å². The highest BCUT2D eigenvalue weighted by molar-refractivity contribution is 7.90. The van der Waals surface area contributed by atoms with Gasteiger partial charge in [-0.25, -0.2) is 13.1 Å². The van der Waals surface area contributed by atoms with Gasteiger partial charge in [0, 0.05) is 6.04 Å². The zero-order valence-corrected chi connectivity index (χ0v) is 13.3. The van der Waals surface area contributed by atoms with Crippen LogP contribution in [0.2, 0.25) is 0 Å². The van der Waals surface area contributed by atoms with E-state index >= 15 is 0 Å². The molecule has 2 N–H and O–H groups in total. The number of rotatable bonds is 5. The lowest BCUT2D eigenvalue weighted by atomic mass is 9.48. The minimum atomic E-state index is -3.40. The van der Waals surface area contributed by atoms with Gasteiger partial charge in [0.1, 0.15) is 0 Å². The monoisotopic (exact) mass is 301 g/mol. The van der Waals surface area contributed by atoms with Gasteiger partial charge in [-0.05, 0) is 75.5 Å². The van der Waals surface area contributed by atoms with E-state index in [4.69, 9.17) is 5.11 Å². The number of nitrogens with one attached hydrogen (secondary N) is 1. The van der Waals surface area contributed by atoms with Crippen LogP contribution in [0, 0.1) is 23.2 Å². The molecule has 20 heavy (non-hydrogen) atoms. The van der Waals surface area contributed by atoms with Gasteiger partial charge in [0.2, 0.25) is 10.0 Å². The van der Waals surface area contributed by atoms with Crippen LogP contribution in [0.25, 0.3) is 0 Å². The van der Waals surface area contributed by atoms with Crippen molar-refractivity contribution in [2.24, 2.45) is 23.2 Å². The molecule has 0 aromatic carbocycles. The normalized spacial score (nSPS) is 42.6. The van der Waals surface area contributed by atoms with Crippen LogP contribution < -0.4 is 4.72 Å². The molecule has 116 valence electrons. The van der Waals surface area contributed by atoms with Gasteiger partial charge in [0.05, 0.1) is 11.9 Å². The first kappa shape index (κ1) is 14.8. The van der Waals surface area contributed by atoms with E-state index in [2.05, 4.69) is 4.72 Å². The molecule has 4 aliphatic carbocycles. The molecule has 4 fully saturated rings. The van der Waals surface area contributed by atoms with Crippen molar-refractivity contribution >= 4 is 10.0 Å². The first-order valence-corrected chi connectivity index (χ1v) is 9.51. The van der Waals surface area contributed by atoms with E-state index in [0.717, 1.165) is 17.8 Å². The van der Waals surface area contributed by atoms with Gasteiger partial charge >= 0.3 is 0 Å². The average Bonchev–Trinajstić information content (AvgIpc) is 2.35. The van der Waals surface area contributed by atoms with E-state index in [0.29, 0.717) is 0 Å². The first-order chi connectivity index (χ1) is 9.34. The first-order valence-electron chi connectivity index (χ1n) is 7.96. The van der Waals surface area contributed by atoms with Gasteiger partial charge in [-0.2, -0.15) is 0 Å². The molecule has 2 atom stereocenters. The fourth-order valence-corrected chi connectivity index (χ4v) is 6.47. The van der Waals surface area contributed by atoms with Crippen molar-refractivity contribution in [3.05, 3.63) is 0 Å². The highest BCUT2D eigenvalue weighted by atomic mass is 32.2. The zero-order valence-electron chi connectivity index (χ0n) is 12.5. The van der Waals surface area contributed by atoms with Crippen molar-refractivity contribution in [3.63, 3.8) is 0 Å². The molecule has 0 saturated heterocycles. The van der Waals surface area contributed by atoms with Crippen LogP contribution in [-0.4, -0.2) is 31.4 Å². The quantitative estimate of drug-likeness (QED) is 0.815. The second kappa shape index (κ2) is 4.96. The minimum absolute atomic E-state index is 0.00472. The van der Waals surface area contributed by atoms with Crippen LogP contribution in [0.3, 0.4) is 0 Å². The molecule has 0 spiro atoms. The van der Waals surface area contributed by atoms with E-state index in [-0.39, 0.29) is 18.1 Å². The molecular formula is C15H27NO3S. The van der Waals surface area contributed by atoms with E-state index in [1.807, 2.05) is 6.92 Å². The third-order valence-corrected chi connectivity index (χ3v) is 8.02. The number of aliphatic hydroxyl groups is 1. The molecule has 0 heterocycles. The second-order valence-corrected chi connectivity index (χ2v) is 9.79. The molecular weight excluding hydrogens is 274 g/mol. The lowest BCUT2D eigenvalue weighted by Gasteiger charge is -2.59. The molecule has 4 saturated carbocycles. The molecule has 0 aromatic heterocycles. The van der Waals surface area contributed by atoms with Crippen LogP contribution in [0.1, 0.15) is 52.4 Å². The minimum Gasteiger partial charge on any atom is -0.395 e. The summed E-state index contributed by atoms with van der Waals surface area (Å²) in [7, 11) is -3.40. The molecule has 0 aromatic rings. The number of hydrogen-bond donors (Lipinski definition) is 2. The highest BCUT2D eigenvalue weighted by Crippen LogP contribution is 2.61. The summed E-state index contributed by atoms with van der Waals surface area (Å²) < 4.78 is 27.3. The number of hydrogen-bond acceptors (Lipinski definition) is 3. The molecule has 4 aliphatic rings. The van der Waals surface area contributed by atoms with E-state index in [1.54, 1.807) is 6.92 Å². The van der Waals surface area contributed by atoms with Crippen molar-refractivity contribution in [2.45, 2.75) is 63.7 Å². The number of aliphatic hydroxyl groups excluding tert-OH is 1. The van der Waals surface area contributed by atoms with Gasteiger partial charge < -0.3 is 5.11 Å². The summed E-state index contributed by atoms with van der Waals surface area (Å²) in [4.78, 5) is 0. The highest BCUT2D eigenvalue weighted by Gasteiger charge is 2.53. The zero-order chi connectivity index (χ0) is 14.5. The van der Waals surface area contributed by atoms with Crippen molar-refractivity contribution in [1.29, 1.82) is 0 Å². The predicted octanol–water partition coefficient (Wildman–Crippen LogP) is 1.89. The van der Waals surface area contributed by atoms with Crippen LogP contribution in [-0.2, 0) is 10.0 Å². The largest absolute Gasteiger partial charge is 0.395 e. The fraction of sp³-hybridized carbons (Fsp3) is 1.00. The second-order valence-electron chi connectivity index (χ2n) is 7.66. The Morgan fingerprint density at radius 2 is 1.55 bits per heavy atom. The van der Waals surface area contributed by atoms with E-state index in [1.165, 1.54) is 38.5 Å². The van der Waals surface area contributed by atoms with Crippen LogP contribution in [0.5, 0.6) is 0 Å². The Kier molecular flexibility index (Phi) is 3.67. The van der Waals surface area contributed by atoms with Gasteiger partial charge in [-0.15, -0.1) is 0 Å². The predicted molar refractivity (Wildman–Crippen MR) is 78.7 cm³/mol. The Hall–Kier alpha value is -0.130. The van der Waals surface area contributed by atoms with Gasteiger partial charge in [0.25, 0.3) is 0 Å². The maximum atomic E-state index is 12.2. The van der Waals surface area contributed by atoms with Gasteiger partial charge in [-0.3, -0.25) is 0 Å². The third kappa shape index (κ3) is 2.42. The maximum absolute atomic E-state index is 12.2. The Morgan fingerprint density at radius 3 is 1.95 bits per heavy atom. The third-order valence-electron chi connectivity index (χ3n) is 6.13. The Labute approximate surface area is 122 Å². The lowest BCUT2D eigenvalue weighted by molar-refractivity contribution is -0.0666. The summed E-state index contributed by atoms with van der Waals surface area (Å²) in [5, 5.41) is 8.37. The summed E-state index contributed by atoms with van der Waals surface area (Å²) in [5.41, 5.74) is 0.178. The maximum Gasteiger partial charge on any atom is 0.216 e. The topological polar surface area (TPSA) is 66.4 Å². The molecule has 4 rings (SSSR count). The molecule has 4 nitrogen and oxygen atoms in total. The summed E-state index contributed by atoms with van der Waals surface area (Å²) in [6.07, 6.45) is 7.67. The SMILES string of the molecule is CC(NS(=O)(=O)C(C)CO)C12CC3CC(CC(C3)C1)C2. The van der Waals surface area contributed by atoms with E-state index in [9.17, 15) is 8.42 Å². The summed E-state index contributed by atoms with van der Waals surface area (Å²) in [5.74, 6) is 2.47. The summed E-state index contributed by atoms with van der Waals surface area (Å²) in [6.45, 7) is 3.28. The van der Waals surface area contributed by atoms with Crippen molar-refractivity contribution in [1.82, 2.24) is 4.72 Å². The van der Waals surface area contributed by atoms with Crippen LogP contribution in [0.4, 0.5) is 0 Å². The molecule has 0 radical (unpaired) electrons. The van der Waals surface area contributed by atoms with Crippen molar-refractivity contribution < 1.29 is 13.5 Å². The standard InChI is InChI=1S/C15H27NO3S/c1-10(9-17)20(18,19)16-11(2)15-6-12-3-13(7-15)5-14(4-12)8-15/h10-14,16-17H,3-9H2,1-2H3. The molecule has 4 bridgehead atoms. The van der Waals surface area contributed by atoms with Crippen LogP contribution in [0.15, 0.2) is 0 Å². The Balaban J connectivity index is 1.76. The smallest absolute Gasteiger partial charge is 0.216 e. The van der Waals surface area contributed by atoms with Crippen molar-refractivity contribution in [2.75, 3.05) is 6.61 Å². The van der Waals surface area contributed by atoms with Gasteiger partial charge in [-0.1, -0.05) is 0 Å². The molecule has 2 unspecified atom stereocenters.